The molecule has 2 aromatic rings. The van der Waals surface area contributed by atoms with Gasteiger partial charge in [-0.2, -0.15) is 0 Å². The van der Waals surface area contributed by atoms with Gasteiger partial charge in [0.25, 0.3) is 0 Å². The van der Waals surface area contributed by atoms with Crippen molar-refractivity contribution in [3.8, 4) is 5.75 Å². The molecule has 0 bridgehead atoms. The summed E-state index contributed by atoms with van der Waals surface area (Å²) in [6, 6.07) is 14.3. The van der Waals surface area contributed by atoms with Crippen LogP contribution in [0.1, 0.15) is 24.2 Å². The first kappa shape index (κ1) is 17.5. The van der Waals surface area contributed by atoms with Gasteiger partial charge in [0.2, 0.25) is 0 Å². The minimum atomic E-state index is 0.204. The van der Waals surface area contributed by atoms with Gasteiger partial charge in [0.1, 0.15) is 11.4 Å². The van der Waals surface area contributed by atoms with Crippen molar-refractivity contribution in [3.05, 3.63) is 60.4 Å². The third kappa shape index (κ3) is 4.83. The van der Waals surface area contributed by atoms with Crippen LogP contribution in [0.5, 0.6) is 5.75 Å². The van der Waals surface area contributed by atoms with E-state index < -0.39 is 0 Å². The van der Waals surface area contributed by atoms with Crippen molar-refractivity contribution in [3.63, 3.8) is 0 Å². The molecule has 0 unspecified atom stereocenters. The Hall–Kier alpha value is -2.33. The quantitative estimate of drug-likeness (QED) is 0.784. The Morgan fingerprint density at radius 1 is 1.00 bits per heavy atom. The van der Waals surface area contributed by atoms with E-state index in [1.165, 1.54) is 12.1 Å². The Morgan fingerprint density at radius 2 is 1.76 bits per heavy atom. The van der Waals surface area contributed by atoms with E-state index in [2.05, 4.69) is 51.7 Å². The second kappa shape index (κ2) is 8.67. The van der Waals surface area contributed by atoms with E-state index in [9.17, 15) is 5.11 Å². The average Bonchev–Trinajstić information content (AvgIpc) is 2.67. The number of aromatic nitrogens is 1. The van der Waals surface area contributed by atoms with Crippen molar-refractivity contribution in [2.45, 2.75) is 19.3 Å². The van der Waals surface area contributed by atoms with Crippen LogP contribution in [0, 0.1) is 0 Å². The first-order valence-electron chi connectivity index (χ1n) is 9.10. The highest BCUT2D eigenvalue weighted by Crippen LogP contribution is 2.18. The van der Waals surface area contributed by atoms with Crippen LogP contribution in [0.25, 0.3) is 6.08 Å². The van der Waals surface area contributed by atoms with Gasteiger partial charge in [-0.1, -0.05) is 24.8 Å². The summed E-state index contributed by atoms with van der Waals surface area (Å²) >= 11 is 0. The SMILES string of the molecule is C=Cc1nc(CCCCN2CCN(c3ccccc3)CC2)ccc1O. The molecular weight excluding hydrogens is 310 g/mol. The van der Waals surface area contributed by atoms with Gasteiger partial charge < -0.3 is 10.0 Å². The fourth-order valence-electron chi connectivity index (χ4n) is 3.31. The minimum absolute atomic E-state index is 0.204. The van der Waals surface area contributed by atoms with Crippen LogP contribution in [-0.4, -0.2) is 47.7 Å². The van der Waals surface area contributed by atoms with Crippen molar-refractivity contribution in [2.24, 2.45) is 0 Å². The van der Waals surface area contributed by atoms with E-state index in [0.29, 0.717) is 5.69 Å². The molecule has 1 fully saturated rings. The second-order valence-electron chi connectivity index (χ2n) is 6.53. The van der Waals surface area contributed by atoms with Crippen LogP contribution in [0.4, 0.5) is 5.69 Å². The number of benzene rings is 1. The van der Waals surface area contributed by atoms with Crippen molar-refractivity contribution in [1.82, 2.24) is 9.88 Å². The molecule has 0 aliphatic carbocycles. The molecule has 1 aromatic heterocycles. The van der Waals surface area contributed by atoms with Crippen LogP contribution in [-0.2, 0) is 6.42 Å². The summed E-state index contributed by atoms with van der Waals surface area (Å²) in [5, 5.41) is 9.64. The summed E-state index contributed by atoms with van der Waals surface area (Å²) in [6.07, 6.45) is 4.85. The highest BCUT2D eigenvalue weighted by atomic mass is 16.3. The molecule has 0 radical (unpaired) electrons. The number of aromatic hydroxyl groups is 1. The topological polar surface area (TPSA) is 39.6 Å². The third-order valence-electron chi connectivity index (χ3n) is 4.80. The monoisotopic (exact) mass is 337 g/mol. The summed E-state index contributed by atoms with van der Waals surface area (Å²) in [6.45, 7) is 9.30. The number of unbranched alkanes of at least 4 members (excludes halogenated alkanes) is 1. The van der Waals surface area contributed by atoms with Crippen molar-refractivity contribution in [1.29, 1.82) is 0 Å². The molecule has 0 spiro atoms. The zero-order chi connectivity index (χ0) is 17.5. The van der Waals surface area contributed by atoms with Crippen molar-refractivity contribution >= 4 is 11.8 Å². The smallest absolute Gasteiger partial charge is 0.141 e. The molecule has 2 heterocycles. The number of hydrogen-bond acceptors (Lipinski definition) is 4. The van der Waals surface area contributed by atoms with Gasteiger partial charge in [-0.25, -0.2) is 4.98 Å². The minimum Gasteiger partial charge on any atom is -0.506 e. The zero-order valence-corrected chi connectivity index (χ0v) is 14.8. The van der Waals surface area contributed by atoms with Gasteiger partial charge in [0.05, 0.1) is 0 Å². The number of hydrogen-bond donors (Lipinski definition) is 1. The summed E-state index contributed by atoms with van der Waals surface area (Å²) in [7, 11) is 0. The van der Waals surface area contributed by atoms with Gasteiger partial charge in [-0.3, -0.25) is 4.90 Å². The predicted octanol–water partition coefficient (Wildman–Crippen LogP) is 3.58. The van der Waals surface area contributed by atoms with Crippen molar-refractivity contribution in [2.75, 3.05) is 37.6 Å². The van der Waals surface area contributed by atoms with E-state index >= 15 is 0 Å². The summed E-state index contributed by atoms with van der Waals surface area (Å²) < 4.78 is 0. The van der Waals surface area contributed by atoms with E-state index in [-0.39, 0.29) is 5.75 Å². The van der Waals surface area contributed by atoms with Crippen LogP contribution < -0.4 is 4.90 Å². The lowest BCUT2D eigenvalue weighted by atomic mass is 10.1. The fourth-order valence-corrected chi connectivity index (χ4v) is 3.31. The number of rotatable bonds is 7. The van der Waals surface area contributed by atoms with Gasteiger partial charge in [-0.05, 0) is 56.1 Å². The maximum atomic E-state index is 9.64. The molecule has 1 saturated heterocycles. The zero-order valence-electron chi connectivity index (χ0n) is 14.8. The highest BCUT2D eigenvalue weighted by molar-refractivity contribution is 5.50. The molecule has 4 heteroatoms. The lowest BCUT2D eigenvalue weighted by Gasteiger charge is -2.36. The van der Waals surface area contributed by atoms with Gasteiger partial charge in [0.15, 0.2) is 0 Å². The van der Waals surface area contributed by atoms with Crippen LogP contribution >= 0.6 is 0 Å². The second-order valence-corrected chi connectivity index (χ2v) is 6.53. The molecule has 0 amide bonds. The fraction of sp³-hybridized carbons (Fsp3) is 0.381. The summed E-state index contributed by atoms with van der Waals surface area (Å²) in [4.78, 5) is 9.45. The highest BCUT2D eigenvalue weighted by Gasteiger charge is 2.16. The molecule has 25 heavy (non-hydrogen) atoms. The number of pyridine rings is 1. The molecule has 4 nitrogen and oxygen atoms in total. The lowest BCUT2D eigenvalue weighted by molar-refractivity contribution is 0.253. The van der Waals surface area contributed by atoms with Gasteiger partial charge in [0, 0.05) is 37.6 Å². The number of aryl methyl sites for hydroxylation is 1. The van der Waals surface area contributed by atoms with E-state index in [1.54, 1.807) is 12.1 Å². The Labute approximate surface area is 150 Å². The maximum absolute atomic E-state index is 9.64. The van der Waals surface area contributed by atoms with E-state index in [1.807, 2.05) is 6.07 Å². The molecule has 132 valence electrons. The number of piperazine rings is 1. The molecule has 0 atom stereocenters. The van der Waals surface area contributed by atoms with E-state index in [0.717, 1.165) is 51.3 Å². The standard InChI is InChI=1S/C21H27N3O/c1-2-20-21(25)12-11-18(22-20)8-6-7-13-23-14-16-24(17-15-23)19-9-4-3-5-10-19/h2-5,9-12,25H,1,6-8,13-17H2. The van der Waals surface area contributed by atoms with Crippen LogP contribution in [0.3, 0.4) is 0 Å². The Kier molecular flexibility index (Phi) is 6.07. The Morgan fingerprint density at radius 3 is 2.48 bits per heavy atom. The first-order valence-corrected chi connectivity index (χ1v) is 9.10. The lowest BCUT2D eigenvalue weighted by Crippen LogP contribution is -2.46. The van der Waals surface area contributed by atoms with Crippen molar-refractivity contribution < 1.29 is 5.11 Å². The molecule has 1 aliphatic heterocycles. The van der Waals surface area contributed by atoms with E-state index in [4.69, 9.17) is 0 Å². The maximum Gasteiger partial charge on any atom is 0.141 e. The van der Waals surface area contributed by atoms with Crippen LogP contribution in [0.15, 0.2) is 49.0 Å². The molecule has 1 aromatic carbocycles. The van der Waals surface area contributed by atoms with Gasteiger partial charge in [-0.15, -0.1) is 0 Å². The molecule has 0 saturated carbocycles. The molecule has 3 rings (SSSR count). The van der Waals surface area contributed by atoms with Gasteiger partial charge >= 0.3 is 0 Å². The Balaban J connectivity index is 1.37. The van der Waals surface area contributed by atoms with Crippen LogP contribution in [0.2, 0.25) is 0 Å². The Bertz CT molecular complexity index is 679. The normalized spacial score (nSPS) is 15.3. The number of nitrogens with zero attached hydrogens (tertiary/aromatic N) is 3. The molecule has 1 N–H and O–H groups in total. The number of para-hydroxylation sites is 1. The predicted molar refractivity (Wildman–Crippen MR) is 104 cm³/mol. The number of anilines is 1. The third-order valence-corrected chi connectivity index (χ3v) is 4.80. The largest absolute Gasteiger partial charge is 0.506 e. The molecular formula is C21H27N3O. The average molecular weight is 337 g/mol. The summed E-state index contributed by atoms with van der Waals surface area (Å²) in [5.74, 6) is 0.204. The summed E-state index contributed by atoms with van der Waals surface area (Å²) in [5.41, 5.74) is 2.94. The molecule has 1 aliphatic rings. The first-order chi connectivity index (χ1) is 12.3.